The van der Waals surface area contributed by atoms with Gasteiger partial charge in [0.25, 0.3) is 0 Å². The first-order chi connectivity index (χ1) is 21.1. The van der Waals surface area contributed by atoms with Crippen LogP contribution >= 0.6 is 0 Å². The number of H-pyrrole nitrogens is 2. The van der Waals surface area contributed by atoms with E-state index in [-0.39, 0.29) is 28.7 Å². The second-order valence-electron chi connectivity index (χ2n) is 11.5. The zero-order chi connectivity index (χ0) is 31.4. The first kappa shape index (κ1) is 30.4. The molecule has 5 rings (SSSR count). The first-order valence-electron chi connectivity index (χ1n) is 14.3. The normalized spacial score (nSPS) is 12.9. The van der Waals surface area contributed by atoms with Crippen LogP contribution in [0.25, 0.3) is 22.5 Å². The maximum Gasteiger partial charge on any atom is 0.329 e. The van der Waals surface area contributed by atoms with Gasteiger partial charge in [0.05, 0.1) is 24.1 Å². The summed E-state index contributed by atoms with van der Waals surface area (Å²) in [6.07, 6.45) is 6.92. The summed E-state index contributed by atoms with van der Waals surface area (Å²) in [7, 11) is 0. The number of ether oxygens (including phenoxy) is 2. The molecule has 0 aliphatic carbocycles. The molecule has 8 nitrogen and oxygen atoms in total. The van der Waals surface area contributed by atoms with Crippen molar-refractivity contribution in [1.29, 1.82) is 0 Å². The van der Waals surface area contributed by atoms with Gasteiger partial charge in [-0.2, -0.15) is 0 Å². The molecule has 9 heteroatoms. The van der Waals surface area contributed by atoms with Crippen molar-refractivity contribution >= 4 is 0 Å². The van der Waals surface area contributed by atoms with Gasteiger partial charge in [0.1, 0.15) is 35.7 Å². The third-order valence-electron chi connectivity index (χ3n) is 7.31. The van der Waals surface area contributed by atoms with Crippen molar-refractivity contribution in [3.63, 3.8) is 0 Å². The molecule has 0 unspecified atom stereocenters. The Kier molecular flexibility index (Phi) is 8.74. The summed E-state index contributed by atoms with van der Waals surface area (Å²) in [5, 5.41) is 11.5. The summed E-state index contributed by atoms with van der Waals surface area (Å²) in [5.41, 5.74) is 2.13. The third kappa shape index (κ3) is 6.61. The minimum Gasteiger partial charge on any atom is -0.493 e. The van der Waals surface area contributed by atoms with Crippen molar-refractivity contribution in [2.45, 2.75) is 45.3 Å². The number of benzene rings is 3. The van der Waals surface area contributed by atoms with Crippen LogP contribution in [0.5, 0.6) is 11.6 Å². The molecule has 2 atom stereocenters. The number of hydrogen-bond acceptors (Lipinski definition) is 5. The van der Waals surface area contributed by atoms with Crippen molar-refractivity contribution in [2.24, 2.45) is 0 Å². The molecule has 0 aliphatic rings. The van der Waals surface area contributed by atoms with Gasteiger partial charge in [-0.05, 0) is 68.8 Å². The molecule has 0 saturated carbocycles. The van der Waals surface area contributed by atoms with E-state index in [2.05, 4.69) is 20.9 Å². The topological polar surface area (TPSA) is 105 Å². The predicted molar refractivity (Wildman–Crippen MR) is 168 cm³/mol. The van der Waals surface area contributed by atoms with Crippen molar-refractivity contribution < 1.29 is 19.0 Å². The predicted octanol–water partition coefficient (Wildman–Crippen LogP) is 6.65. The molecule has 0 bridgehead atoms. The Morgan fingerprint density at radius 3 is 2.43 bits per heavy atom. The number of nitrogens with zero attached hydrogens (tertiary/aromatic N) is 2. The second kappa shape index (κ2) is 12.7. The SMILES string of the molecule is C#Cc1ccc(-c2cnc([C@H]([C@@H](C)c3ccccc3)n3c(O)c(-c4ccc(OCCOC(C)(C)C)cc4)[nH]c3=O)[nH]2)c(F)c1. The monoisotopic (exact) mass is 594 g/mol. The number of aromatic amines is 2. The summed E-state index contributed by atoms with van der Waals surface area (Å²) in [6, 6.07) is 20.4. The summed E-state index contributed by atoms with van der Waals surface area (Å²) in [4.78, 5) is 24.0. The maximum atomic E-state index is 14.9. The van der Waals surface area contributed by atoms with Crippen LogP contribution in [0.3, 0.4) is 0 Å². The average molecular weight is 595 g/mol. The van der Waals surface area contributed by atoms with E-state index in [0.717, 1.165) is 5.56 Å². The zero-order valence-electron chi connectivity index (χ0n) is 25.1. The maximum absolute atomic E-state index is 14.9. The van der Waals surface area contributed by atoms with Gasteiger partial charge in [0, 0.05) is 22.6 Å². The molecule has 3 aromatic carbocycles. The van der Waals surface area contributed by atoms with Crippen LogP contribution in [0.1, 0.15) is 56.6 Å². The van der Waals surface area contributed by atoms with Gasteiger partial charge >= 0.3 is 5.69 Å². The summed E-state index contributed by atoms with van der Waals surface area (Å²) in [5.74, 6) is 2.37. The molecule has 0 fully saturated rings. The Morgan fingerprint density at radius 1 is 1.05 bits per heavy atom. The minimum absolute atomic E-state index is 0.249. The lowest BCUT2D eigenvalue weighted by molar-refractivity contribution is -0.0163. The van der Waals surface area contributed by atoms with E-state index in [9.17, 15) is 14.3 Å². The van der Waals surface area contributed by atoms with Gasteiger partial charge in [0.2, 0.25) is 5.88 Å². The quantitative estimate of drug-likeness (QED) is 0.124. The number of aromatic nitrogens is 4. The van der Waals surface area contributed by atoms with E-state index >= 15 is 0 Å². The smallest absolute Gasteiger partial charge is 0.329 e. The molecular weight excluding hydrogens is 559 g/mol. The number of aromatic hydroxyl groups is 1. The second-order valence-corrected chi connectivity index (χ2v) is 11.5. The van der Waals surface area contributed by atoms with Crippen LogP contribution in [0.2, 0.25) is 0 Å². The molecule has 2 aromatic heterocycles. The number of terminal acetylenes is 1. The standard InChI is InChI=1S/C35H35FN4O4/c1-6-23-12-17-27(28(36)20-23)29-21-37-32(38-29)31(22(2)24-10-8-7-9-11-24)40-33(41)30(39-34(40)42)25-13-15-26(16-14-25)43-18-19-44-35(3,4)5/h1,7-17,20-22,31,41H,18-19H2,2-5H3,(H,37,38)(H,39,42)/t22-,31-/m0/s1. The number of imidazole rings is 2. The molecule has 3 N–H and O–H groups in total. The van der Waals surface area contributed by atoms with Gasteiger partial charge < -0.3 is 24.5 Å². The minimum atomic E-state index is -0.762. The molecule has 0 aliphatic heterocycles. The third-order valence-corrected chi connectivity index (χ3v) is 7.31. The van der Waals surface area contributed by atoms with Gasteiger partial charge in [-0.1, -0.05) is 43.2 Å². The van der Waals surface area contributed by atoms with E-state index in [1.54, 1.807) is 36.4 Å². The highest BCUT2D eigenvalue weighted by atomic mass is 19.1. The van der Waals surface area contributed by atoms with E-state index < -0.39 is 17.5 Å². The van der Waals surface area contributed by atoms with Gasteiger partial charge in [-0.25, -0.2) is 14.2 Å². The molecule has 0 saturated heterocycles. The van der Waals surface area contributed by atoms with Crippen molar-refractivity contribution in [2.75, 3.05) is 13.2 Å². The fourth-order valence-electron chi connectivity index (χ4n) is 5.09. The first-order valence-corrected chi connectivity index (χ1v) is 14.3. The fraction of sp³-hybridized carbons (Fsp3) is 0.257. The molecule has 0 amide bonds. The van der Waals surface area contributed by atoms with Crippen molar-refractivity contribution in [1.82, 2.24) is 19.5 Å². The fourth-order valence-corrected chi connectivity index (χ4v) is 5.09. The van der Waals surface area contributed by atoms with Crippen LogP contribution in [-0.2, 0) is 4.74 Å². The highest BCUT2D eigenvalue weighted by Crippen LogP contribution is 2.38. The molecule has 44 heavy (non-hydrogen) atoms. The lowest BCUT2D eigenvalue weighted by Gasteiger charge is -2.24. The van der Waals surface area contributed by atoms with Crippen molar-refractivity contribution in [3.05, 3.63) is 112 Å². The van der Waals surface area contributed by atoms with E-state index in [4.69, 9.17) is 15.9 Å². The largest absolute Gasteiger partial charge is 0.493 e. The summed E-state index contributed by atoms with van der Waals surface area (Å²) < 4.78 is 27.7. The van der Waals surface area contributed by atoms with Crippen LogP contribution < -0.4 is 10.4 Å². The van der Waals surface area contributed by atoms with Gasteiger partial charge in [-0.15, -0.1) is 6.42 Å². The van der Waals surface area contributed by atoms with Crippen LogP contribution in [0.4, 0.5) is 4.39 Å². The Morgan fingerprint density at radius 2 is 1.77 bits per heavy atom. The zero-order valence-corrected chi connectivity index (χ0v) is 25.1. The molecule has 0 radical (unpaired) electrons. The Hall–Kier alpha value is -5.07. The van der Waals surface area contributed by atoms with Crippen molar-refractivity contribution in [3.8, 4) is 46.5 Å². The number of rotatable bonds is 10. The molecule has 5 aromatic rings. The van der Waals surface area contributed by atoms with Crippen LogP contribution in [-0.4, -0.2) is 43.4 Å². The highest BCUT2D eigenvalue weighted by molar-refractivity contribution is 5.65. The van der Waals surface area contributed by atoms with Crippen LogP contribution in [0.15, 0.2) is 83.8 Å². The molecular formula is C35H35FN4O4. The molecule has 226 valence electrons. The number of halogens is 1. The summed E-state index contributed by atoms with van der Waals surface area (Å²) >= 11 is 0. The van der Waals surface area contributed by atoms with E-state index in [1.165, 1.54) is 16.8 Å². The summed E-state index contributed by atoms with van der Waals surface area (Å²) in [6.45, 7) is 8.72. The molecule has 2 heterocycles. The van der Waals surface area contributed by atoms with E-state index in [1.807, 2.05) is 58.0 Å². The number of hydrogen-bond donors (Lipinski definition) is 3. The molecule has 0 spiro atoms. The lowest BCUT2D eigenvalue weighted by Crippen LogP contribution is -2.27. The Bertz CT molecular complexity index is 1830. The highest BCUT2D eigenvalue weighted by Gasteiger charge is 2.31. The Labute approximate surface area is 255 Å². The average Bonchev–Trinajstić information content (AvgIpc) is 3.60. The van der Waals surface area contributed by atoms with Gasteiger partial charge in [0.15, 0.2) is 0 Å². The van der Waals surface area contributed by atoms with E-state index in [0.29, 0.717) is 41.6 Å². The number of nitrogens with one attached hydrogen (secondary N) is 2. The Balaban J connectivity index is 1.49. The van der Waals surface area contributed by atoms with Crippen LogP contribution in [0, 0.1) is 18.2 Å². The lowest BCUT2D eigenvalue weighted by atomic mass is 9.92. The van der Waals surface area contributed by atoms with Gasteiger partial charge in [-0.3, -0.25) is 4.57 Å².